The zero-order valence-electron chi connectivity index (χ0n) is 11.8. The molecule has 2 aromatic rings. The van der Waals surface area contributed by atoms with Crippen LogP contribution in [0, 0.1) is 13.8 Å². The summed E-state index contributed by atoms with van der Waals surface area (Å²) in [5, 5.41) is 9.66. The van der Waals surface area contributed by atoms with E-state index in [1.807, 2.05) is 13.8 Å². The highest BCUT2D eigenvalue weighted by Crippen LogP contribution is 2.22. The van der Waals surface area contributed by atoms with Crippen LogP contribution in [-0.4, -0.2) is 29.1 Å². The van der Waals surface area contributed by atoms with Crippen molar-refractivity contribution in [2.45, 2.75) is 33.7 Å². The van der Waals surface area contributed by atoms with Gasteiger partial charge in [-0.3, -0.25) is 0 Å². The smallest absolute Gasteiger partial charge is 0.185 e. The average molecular weight is 296 g/mol. The molecule has 0 aliphatic heterocycles. The number of anilines is 2. The Kier molecular flexibility index (Phi) is 4.76. The van der Waals surface area contributed by atoms with Gasteiger partial charge in [0.1, 0.15) is 0 Å². The van der Waals surface area contributed by atoms with E-state index in [9.17, 15) is 0 Å². The third-order valence-electron chi connectivity index (χ3n) is 2.89. The van der Waals surface area contributed by atoms with Gasteiger partial charge in [0.25, 0.3) is 0 Å². The standard InChI is InChI=1S/C13H20N4S2/c1-5-17(13-16-10(3)8-19-13)11(4)6-14-12-15-9(2)7-18-12/h7-8,11H,5-6H2,1-4H3,(H,14,15)/t11-/m0/s1. The molecule has 0 fully saturated rings. The molecule has 0 saturated carbocycles. The first-order valence-electron chi connectivity index (χ1n) is 6.45. The second kappa shape index (κ2) is 6.34. The van der Waals surface area contributed by atoms with E-state index in [1.54, 1.807) is 22.7 Å². The fraction of sp³-hybridized carbons (Fsp3) is 0.538. The second-order valence-corrected chi connectivity index (χ2v) is 6.28. The maximum Gasteiger partial charge on any atom is 0.185 e. The molecule has 0 saturated heterocycles. The molecule has 0 radical (unpaired) electrons. The minimum atomic E-state index is 0.389. The molecule has 0 aliphatic carbocycles. The van der Waals surface area contributed by atoms with Crippen LogP contribution in [0.25, 0.3) is 0 Å². The van der Waals surface area contributed by atoms with Gasteiger partial charge in [0, 0.05) is 29.9 Å². The lowest BCUT2D eigenvalue weighted by Crippen LogP contribution is -2.37. The third kappa shape index (κ3) is 3.67. The largest absolute Gasteiger partial charge is 0.359 e. The predicted octanol–water partition coefficient (Wildman–Crippen LogP) is 3.54. The number of likely N-dealkylation sites (N-methyl/N-ethyl adjacent to an activating group) is 1. The minimum absolute atomic E-state index is 0.389. The van der Waals surface area contributed by atoms with E-state index in [1.165, 1.54) is 0 Å². The minimum Gasteiger partial charge on any atom is -0.359 e. The Labute approximate surface area is 122 Å². The van der Waals surface area contributed by atoms with E-state index in [0.717, 1.165) is 34.7 Å². The molecular formula is C13H20N4S2. The molecule has 1 atom stereocenters. The lowest BCUT2D eigenvalue weighted by molar-refractivity contribution is 0.671. The average Bonchev–Trinajstić information content (AvgIpc) is 2.97. The van der Waals surface area contributed by atoms with Gasteiger partial charge in [0.2, 0.25) is 0 Å². The number of hydrogen-bond donors (Lipinski definition) is 1. The van der Waals surface area contributed by atoms with Crippen molar-refractivity contribution in [1.82, 2.24) is 9.97 Å². The van der Waals surface area contributed by atoms with E-state index < -0.39 is 0 Å². The van der Waals surface area contributed by atoms with Crippen LogP contribution in [0.3, 0.4) is 0 Å². The van der Waals surface area contributed by atoms with Crippen molar-refractivity contribution in [1.29, 1.82) is 0 Å². The maximum absolute atomic E-state index is 4.57. The summed E-state index contributed by atoms with van der Waals surface area (Å²) in [6.07, 6.45) is 0. The molecule has 2 rings (SSSR count). The van der Waals surface area contributed by atoms with Crippen LogP contribution in [-0.2, 0) is 0 Å². The van der Waals surface area contributed by atoms with Crippen LogP contribution in [0.4, 0.5) is 10.3 Å². The number of aryl methyl sites for hydroxylation is 2. The number of thiazole rings is 2. The molecule has 0 bridgehead atoms. The molecule has 104 valence electrons. The van der Waals surface area contributed by atoms with Crippen molar-refractivity contribution in [2.24, 2.45) is 0 Å². The van der Waals surface area contributed by atoms with Crippen LogP contribution in [0.2, 0.25) is 0 Å². The fourth-order valence-corrected chi connectivity index (χ4v) is 3.56. The SMILES string of the molecule is CCN(c1nc(C)cs1)[C@@H](C)CNc1nc(C)cs1. The molecule has 2 heterocycles. The van der Waals surface area contributed by atoms with Crippen molar-refractivity contribution < 1.29 is 0 Å². The highest BCUT2D eigenvalue weighted by atomic mass is 32.1. The van der Waals surface area contributed by atoms with Crippen LogP contribution >= 0.6 is 22.7 Å². The Morgan fingerprint density at radius 2 is 1.89 bits per heavy atom. The van der Waals surface area contributed by atoms with E-state index in [-0.39, 0.29) is 0 Å². The van der Waals surface area contributed by atoms with Gasteiger partial charge in [-0.25, -0.2) is 9.97 Å². The monoisotopic (exact) mass is 296 g/mol. The summed E-state index contributed by atoms with van der Waals surface area (Å²) < 4.78 is 0. The Hall–Kier alpha value is -1.14. The van der Waals surface area contributed by atoms with E-state index >= 15 is 0 Å². The summed E-state index contributed by atoms with van der Waals surface area (Å²) in [5.74, 6) is 0. The van der Waals surface area contributed by atoms with Crippen molar-refractivity contribution in [2.75, 3.05) is 23.3 Å². The summed E-state index contributed by atoms with van der Waals surface area (Å²) in [4.78, 5) is 11.3. The van der Waals surface area contributed by atoms with Crippen LogP contribution in [0.15, 0.2) is 10.8 Å². The van der Waals surface area contributed by atoms with Gasteiger partial charge in [-0.05, 0) is 27.7 Å². The molecule has 0 aliphatic rings. The number of aromatic nitrogens is 2. The molecule has 0 unspecified atom stereocenters. The number of rotatable bonds is 6. The first-order valence-corrected chi connectivity index (χ1v) is 8.21. The van der Waals surface area contributed by atoms with Crippen LogP contribution in [0.5, 0.6) is 0 Å². The second-order valence-electron chi connectivity index (χ2n) is 4.58. The fourth-order valence-electron chi connectivity index (χ4n) is 1.89. The summed E-state index contributed by atoms with van der Waals surface area (Å²) in [5.41, 5.74) is 2.16. The third-order valence-corrected chi connectivity index (χ3v) is 4.81. The van der Waals surface area contributed by atoms with Gasteiger partial charge in [0.15, 0.2) is 10.3 Å². The lowest BCUT2D eigenvalue weighted by Gasteiger charge is -2.27. The van der Waals surface area contributed by atoms with Gasteiger partial charge in [-0.1, -0.05) is 0 Å². The zero-order valence-corrected chi connectivity index (χ0v) is 13.4. The Bertz CT molecular complexity index is 520. The van der Waals surface area contributed by atoms with Crippen LogP contribution in [0.1, 0.15) is 25.2 Å². The highest BCUT2D eigenvalue weighted by Gasteiger charge is 2.15. The molecule has 6 heteroatoms. The van der Waals surface area contributed by atoms with Crippen molar-refractivity contribution in [3.8, 4) is 0 Å². The molecular weight excluding hydrogens is 276 g/mol. The molecule has 19 heavy (non-hydrogen) atoms. The summed E-state index contributed by atoms with van der Waals surface area (Å²) >= 11 is 3.37. The van der Waals surface area contributed by atoms with Crippen molar-refractivity contribution in [3.63, 3.8) is 0 Å². The molecule has 0 aromatic carbocycles. The summed E-state index contributed by atoms with van der Waals surface area (Å²) in [6.45, 7) is 10.3. The summed E-state index contributed by atoms with van der Waals surface area (Å²) in [7, 11) is 0. The van der Waals surface area contributed by atoms with E-state index in [0.29, 0.717) is 6.04 Å². The topological polar surface area (TPSA) is 41.1 Å². The van der Waals surface area contributed by atoms with Gasteiger partial charge < -0.3 is 10.2 Å². The lowest BCUT2D eigenvalue weighted by atomic mass is 10.3. The first-order chi connectivity index (χ1) is 9.10. The quantitative estimate of drug-likeness (QED) is 0.885. The van der Waals surface area contributed by atoms with Crippen molar-refractivity contribution >= 4 is 32.9 Å². The maximum atomic E-state index is 4.57. The molecule has 1 N–H and O–H groups in total. The highest BCUT2D eigenvalue weighted by molar-refractivity contribution is 7.14. The molecule has 2 aromatic heterocycles. The Balaban J connectivity index is 1.95. The molecule has 4 nitrogen and oxygen atoms in total. The number of nitrogens with one attached hydrogen (secondary N) is 1. The van der Waals surface area contributed by atoms with Gasteiger partial charge in [-0.2, -0.15) is 0 Å². The van der Waals surface area contributed by atoms with Crippen molar-refractivity contribution in [3.05, 3.63) is 22.1 Å². The molecule has 0 spiro atoms. The normalized spacial score (nSPS) is 12.4. The Morgan fingerprint density at radius 1 is 1.21 bits per heavy atom. The predicted molar refractivity (Wildman–Crippen MR) is 84.7 cm³/mol. The zero-order chi connectivity index (χ0) is 13.8. The first kappa shape index (κ1) is 14.3. The van der Waals surface area contributed by atoms with Gasteiger partial charge in [0.05, 0.1) is 11.4 Å². The van der Waals surface area contributed by atoms with Gasteiger partial charge in [-0.15, -0.1) is 22.7 Å². The number of nitrogens with zero attached hydrogens (tertiary/aromatic N) is 3. The van der Waals surface area contributed by atoms with Gasteiger partial charge >= 0.3 is 0 Å². The summed E-state index contributed by atoms with van der Waals surface area (Å²) in [6, 6.07) is 0.389. The Morgan fingerprint density at radius 3 is 2.42 bits per heavy atom. The van der Waals surface area contributed by atoms with Crippen LogP contribution < -0.4 is 10.2 Å². The molecule has 0 amide bonds. The van der Waals surface area contributed by atoms with E-state index in [2.05, 4.69) is 44.8 Å². The van der Waals surface area contributed by atoms with E-state index in [4.69, 9.17) is 0 Å². The number of hydrogen-bond acceptors (Lipinski definition) is 6.